The fraction of sp³-hybridized carbons (Fsp3) is 0.929. The van der Waals surface area contributed by atoms with Gasteiger partial charge in [-0.25, -0.2) is 0 Å². The van der Waals surface area contributed by atoms with Gasteiger partial charge < -0.3 is 10.5 Å². The molecular weight excluding hydrogens is 214 g/mol. The molecule has 0 heterocycles. The summed E-state index contributed by atoms with van der Waals surface area (Å²) in [5.74, 6) is 1.50. The normalized spacial score (nSPS) is 37.1. The van der Waals surface area contributed by atoms with Crippen molar-refractivity contribution in [3.8, 4) is 0 Å². The Morgan fingerprint density at radius 1 is 1.41 bits per heavy atom. The number of rotatable bonds is 5. The lowest BCUT2D eigenvalue weighted by atomic mass is 9.85. The van der Waals surface area contributed by atoms with Crippen LogP contribution in [0.15, 0.2) is 0 Å². The maximum absolute atomic E-state index is 12.1. The zero-order chi connectivity index (χ0) is 12.4. The lowest BCUT2D eigenvalue weighted by molar-refractivity contribution is -0.152. The standard InChI is InChI=1S/C14H25NO2/c1-3-4-9(2)8-17-14(16)12-10-5-6-11(7-10)13(12)15/h9-13H,3-8,15H2,1-2H3. The molecule has 2 bridgehead atoms. The largest absolute Gasteiger partial charge is 0.465 e. The molecule has 0 radical (unpaired) electrons. The van der Waals surface area contributed by atoms with Gasteiger partial charge in [0.05, 0.1) is 12.5 Å². The molecule has 0 aromatic rings. The average Bonchev–Trinajstić information content (AvgIpc) is 2.86. The molecule has 0 aromatic carbocycles. The lowest BCUT2D eigenvalue weighted by Gasteiger charge is -2.26. The quantitative estimate of drug-likeness (QED) is 0.749. The van der Waals surface area contributed by atoms with Crippen molar-refractivity contribution >= 4 is 5.97 Å². The van der Waals surface area contributed by atoms with Crippen molar-refractivity contribution in [1.29, 1.82) is 0 Å². The Morgan fingerprint density at radius 2 is 2.12 bits per heavy atom. The highest BCUT2D eigenvalue weighted by Gasteiger charge is 2.49. The van der Waals surface area contributed by atoms with E-state index >= 15 is 0 Å². The van der Waals surface area contributed by atoms with E-state index in [4.69, 9.17) is 10.5 Å². The Labute approximate surface area is 104 Å². The lowest BCUT2D eigenvalue weighted by Crippen LogP contribution is -2.41. The molecule has 5 unspecified atom stereocenters. The zero-order valence-corrected chi connectivity index (χ0v) is 11.0. The van der Waals surface area contributed by atoms with Crippen LogP contribution < -0.4 is 5.73 Å². The van der Waals surface area contributed by atoms with Crippen LogP contribution in [0.2, 0.25) is 0 Å². The molecule has 0 saturated heterocycles. The first-order chi connectivity index (χ1) is 8.13. The van der Waals surface area contributed by atoms with Gasteiger partial charge in [0.2, 0.25) is 0 Å². The van der Waals surface area contributed by atoms with Crippen molar-refractivity contribution in [3.63, 3.8) is 0 Å². The molecule has 2 aliphatic rings. The molecule has 3 nitrogen and oxygen atoms in total. The number of hydrogen-bond donors (Lipinski definition) is 1. The molecule has 98 valence electrons. The van der Waals surface area contributed by atoms with Crippen molar-refractivity contribution in [2.45, 2.75) is 52.0 Å². The monoisotopic (exact) mass is 239 g/mol. The molecule has 2 N–H and O–H groups in total. The fourth-order valence-corrected chi connectivity index (χ4v) is 3.58. The summed E-state index contributed by atoms with van der Waals surface area (Å²) in [6.45, 7) is 4.86. The van der Waals surface area contributed by atoms with Gasteiger partial charge in [0, 0.05) is 6.04 Å². The van der Waals surface area contributed by atoms with Gasteiger partial charge in [-0.2, -0.15) is 0 Å². The van der Waals surface area contributed by atoms with Gasteiger partial charge in [-0.1, -0.05) is 20.3 Å². The second-order valence-corrected chi connectivity index (χ2v) is 5.96. The molecular formula is C14H25NO2. The first kappa shape index (κ1) is 12.9. The number of ether oxygens (including phenoxy) is 1. The molecule has 5 atom stereocenters. The first-order valence-corrected chi connectivity index (χ1v) is 7.05. The Hall–Kier alpha value is -0.570. The van der Waals surface area contributed by atoms with E-state index in [0.717, 1.165) is 19.3 Å². The van der Waals surface area contributed by atoms with Crippen molar-refractivity contribution in [3.05, 3.63) is 0 Å². The van der Waals surface area contributed by atoms with Gasteiger partial charge in [0.1, 0.15) is 0 Å². The van der Waals surface area contributed by atoms with E-state index in [9.17, 15) is 4.79 Å². The van der Waals surface area contributed by atoms with Crippen molar-refractivity contribution in [2.75, 3.05) is 6.61 Å². The number of fused-ring (bicyclic) bond motifs is 2. The molecule has 2 aliphatic carbocycles. The molecule has 17 heavy (non-hydrogen) atoms. The van der Waals surface area contributed by atoms with Gasteiger partial charge in [-0.15, -0.1) is 0 Å². The van der Waals surface area contributed by atoms with Crippen LogP contribution in [0.4, 0.5) is 0 Å². The fourth-order valence-electron chi connectivity index (χ4n) is 3.58. The SMILES string of the molecule is CCCC(C)COC(=O)C1C2CCC(C2)C1N. The van der Waals surface area contributed by atoms with Crippen LogP contribution in [0.3, 0.4) is 0 Å². The molecule has 0 aliphatic heterocycles. The summed E-state index contributed by atoms with van der Waals surface area (Å²) < 4.78 is 5.44. The van der Waals surface area contributed by atoms with E-state index in [1.54, 1.807) is 0 Å². The van der Waals surface area contributed by atoms with E-state index in [-0.39, 0.29) is 17.9 Å². The molecule has 3 heteroatoms. The van der Waals surface area contributed by atoms with E-state index in [1.165, 1.54) is 12.8 Å². The predicted octanol–water partition coefficient (Wildman–Crippen LogP) is 2.34. The smallest absolute Gasteiger partial charge is 0.310 e. The third-order valence-electron chi connectivity index (χ3n) is 4.54. The number of carbonyl (C=O) groups is 1. The van der Waals surface area contributed by atoms with Crippen LogP contribution in [0.5, 0.6) is 0 Å². The Balaban J connectivity index is 1.80. The summed E-state index contributed by atoms with van der Waals surface area (Å²) in [5, 5.41) is 0. The summed E-state index contributed by atoms with van der Waals surface area (Å²) in [4.78, 5) is 12.1. The minimum Gasteiger partial charge on any atom is -0.465 e. The molecule has 2 fully saturated rings. The predicted molar refractivity (Wildman–Crippen MR) is 67.3 cm³/mol. The summed E-state index contributed by atoms with van der Waals surface area (Å²) in [7, 11) is 0. The summed E-state index contributed by atoms with van der Waals surface area (Å²) in [6.07, 6.45) is 5.79. The van der Waals surface area contributed by atoms with Crippen LogP contribution >= 0.6 is 0 Å². The van der Waals surface area contributed by atoms with Crippen LogP contribution in [0.25, 0.3) is 0 Å². The maximum atomic E-state index is 12.1. The third kappa shape index (κ3) is 2.65. The zero-order valence-electron chi connectivity index (χ0n) is 11.0. The van der Waals surface area contributed by atoms with Gasteiger partial charge in [0.25, 0.3) is 0 Å². The van der Waals surface area contributed by atoms with Gasteiger partial charge >= 0.3 is 5.97 Å². The van der Waals surface area contributed by atoms with E-state index < -0.39 is 0 Å². The topological polar surface area (TPSA) is 52.3 Å². The Morgan fingerprint density at radius 3 is 2.71 bits per heavy atom. The first-order valence-electron chi connectivity index (χ1n) is 7.05. The molecule has 0 spiro atoms. The second kappa shape index (κ2) is 5.38. The third-order valence-corrected chi connectivity index (χ3v) is 4.54. The van der Waals surface area contributed by atoms with Crippen molar-refractivity contribution in [2.24, 2.45) is 29.4 Å². The minimum atomic E-state index is -0.0346. The maximum Gasteiger partial charge on any atom is 0.310 e. The number of nitrogens with two attached hydrogens (primary N) is 1. The van der Waals surface area contributed by atoms with Crippen LogP contribution in [0, 0.1) is 23.7 Å². The van der Waals surface area contributed by atoms with Crippen molar-refractivity contribution in [1.82, 2.24) is 0 Å². The summed E-state index contributed by atoms with van der Waals surface area (Å²) >= 11 is 0. The molecule has 2 rings (SSSR count). The number of esters is 1. The summed E-state index contributed by atoms with van der Waals surface area (Å²) in [6, 6.07) is 0.0581. The van der Waals surface area contributed by atoms with Gasteiger partial charge in [-0.3, -0.25) is 4.79 Å². The molecule has 2 saturated carbocycles. The van der Waals surface area contributed by atoms with Crippen LogP contribution in [-0.2, 0) is 9.53 Å². The number of hydrogen-bond acceptors (Lipinski definition) is 3. The summed E-state index contributed by atoms with van der Waals surface area (Å²) in [5.41, 5.74) is 6.13. The Bertz CT molecular complexity index is 277. The van der Waals surface area contributed by atoms with E-state index in [0.29, 0.717) is 24.4 Å². The molecule has 0 aromatic heterocycles. The van der Waals surface area contributed by atoms with E-state index in [1.807, 2.05) is 0 Å². The average molecular weight is 239 g/mol. The number of carbonyl (C=O) groups excluding carboxylic acids is 1. The van der Waals surface area contributed by atoms with Crippen molar-refractivity contribution < 1.29 is 9.53 Å². The highest BCUT2D eigenvalue weighted by Crippen LogP contribution is 2.48. The second-order valence-electron chi connectivity index (χ2n) is 5.96. The van der Waals surface area contributed by atoms with Gasteiger partial charge in [0.15, 0.2) is 0 Å². The van der Waals surface area contributed by atoms with Crippen LogP contribution in [0.1, 0.15) is 46.0 Å². The Kier molecular flexibility index (Phi) is 4.08. The van der Waals surface area contributed by atoms with E-state index in [2.05, 4.69) is 13.8 Å². The van der Waals surface area contributed by atoms with Crippen LogP contribution in [-0.4, -0.2) is 18.6 Å². The highest BCUT2D eigenvalue weighted by atomic mass is 16.5. The van der Waals surface area contributed by atoms with Gasteiger partial charge in [-0.05, 0) is 43.4 Å². The highest BCUT2D eigenvalue weighted by molar-refractivity contribution is 5.74. The molecule has 0 amide bonds. The minimum absolute atomic E-state index is 0.0115.